The summed E-state index contributed by atoms with van der Waals surface area (Å²) in [6.07, 6.45) is 26.2. The Morgan fingerprint density at radius 3 is 1.16 bits per heavy atom. The third-order valence-corrected chi connectivity index (χ3v) is 25.5. The Morgan fingerprint density at radius 2 is 0.819 bits per heavy atom. The number of hydrogen-bond acceptors (Lipinski definition) is 23. The third-order valence-electron chi connectivity index (χ3n) is 25.5. The van der Waals surface area contributed by atoms with Gasteiger partial charge in [0.05, 0.1) is 29.8 Å². The van der Waals surface area contributed by atoms with Gasteiger partial charge in [-0.05, 0) is 200 Å². The first-order valence-corrected chi connectivity index (χ1v) is 52.1. The summed E-state index contributed by atoms with van der Waals surface area (Å²) in [7, 11) is 11.7. The van der Waals surface area contributed by atoms with Gasteiger partial charge in [-0.2, -0.15) is 7.11 Å². The Morgan fingerprint density at radius 1 is 0.431 bits per heavy atom. The number of hydrogen-bond donors (Lipinski definition) is 16. The van der Waals surface area contributed by atoms with Crippen molar-refractivity contribution in [1.29, 1.82) is 0 Å². The predicted octanol–water partition coefficient (Wildman–Crippen LogP) is 10.1. The van der Waals surface area contributed by atoms with Crippen molar-refractivity contribution in [3.63, 3.8) is 0 Å². The van der Waals surface area contributed by atoms with Crippen molar-refractivity contribution in [2.75, 3.05) is 68.0 Å². The average molecular weight is 2210 g/mol. The summed E-state index contributed by atoms with van der Waals surface area (Å²) in [5.41, 5.74) is -0.581. The second-order valence-corrected chi connectivity index (χ2v) is 41.6. The van der Waals surface area contributed by atoms with Gasteiger partial charge in [0.1, 0.15) is 53.9 Å². The van der Waals surface area contributed by atoms with Crippen LogP contribution in [0.2, 0.25) is 0 Å². The van der Waals surface area contributed by atoms with Crippen LogP contribution in [0.15, 0.2) is 36.5 Å². The van der Waals surface area contributed by atoms with Gasteiger partial charge in [-0.15, -0.1) is 0 Å². The number of carboxylic acids is 3. The number of nitrogens with zero attached hydrogens (tertiary/aromatic N) is 3. The first kappa shape index (κ1) is 137. The molecule has 826 valence electrons. The van der Waals surface area contributed by atoms with E-state index in [-0.39, 0.29) is 153 Å². The van der Waals surface area contributed by atoms with Crippen molar-refractivity contribution in [2.24, 2.45) is 71.0 Å². The van der Waals surface area contributed by atoms with E-state index < -0.39 is 126 Å². The van der Waals surface area contributed by atoms with E-state index >= 15 is 0 Å². The zero-order valence-corrected chi connectivity index (χ0v) is 95.0. The van der Waals surface area contributed by atoms with Crippen molar-refractivity contribution < 1.29 is 127 Å². The van der Waals surface area contributed by atoms with Gasteiger partial charge in [0.25, 0.3) is 0 Å². The van der Waals surface area contributed by atoms with Crippen LogP contribution < -0.4 is 69.1 Å². The van der Waals surface area contributed by atoms with Crippen LogP contribution in [0.1, 0.15) is 301 Å². The molecule has 1 saturated carbocycles. The van der Waals surface area contributed by atoms with E-state index in [4.69, 9.17) is 20.1 Å². The molecule has 4 aliphatic heterocycles. The molecule has 0 aromatic rings. The van der Waals surface area contributed by atoms with Crippen LogP contribution in [0, 0.1) is 78.1 Å². The summed E-state index contributed by atoms with van der Waals surface area (Å²) in [6, 6.07) is -6.00. The molecule has 5 fully saturated rings. The fourth-order valence-electron chi connectivity index (χ4n) is 16.9. The Hall–Kier alpha value is -9.26. The van der Waals surface area contributed by atoms with E-state index in [2.05, 4.69) is 123 Å². The number of carboxylic acid groups (broad SMARTS) is 3. The molecule has 4 saturated heterocycles. The Bertz CT molecular complexity index is 4010. The minimum atomic E-state index is -0.960. The first-order valence-electron chi connectivity index (χ1n) is 52.1. The summed E-state index contributed by atoms with van der Waals surface area (Å²) < 4.78 is 9.40. The monoisotopic (exact) mass is 2210 g/mol. The number of likely N-dealkylation sites (N-methyl/N-ethyl adjacent to an activating group) is 5. The van der Waals surface area contributed by atoms with Crippen LogP contribution >= 0.6 is 0 Å². The Balaban J connectivity index is 0. The van der Waals surface area contributed by atoms with Gasteiger partial charge >= 0.3 is 30.1 Å². The molecule has 12 amide bonds. The summed E-state index contributed by atoms with van der Waals surface area (Å²) >= 11 is 0. The molecule has 4 heterocycles. The minimum absolute atomic E-state index is 0. The molecule has 144 heavy (non-hydrogen) atoms. The normalized spacial score (nSPS) is 18.9. The summed E-state index contributed by atoms with van der Waals surface area (Å²) in [4.78, 5) is 212. The zero-order valence-electron chi connectivity index (χ0n) is 92.0. The number of likely N-dealkylation sites (tertiary alicyclic amines) is 3. The number of rotatable bonds is 50. The van der Waals surface area contributed by atoms with Gasteiger partial charge in [-0.1, -0.05) is 194 Å². The SMILES string of the molecule is CC(C)(C)OC(=O)N1CCCC1C(=O)O.CC(C)[C@H](NC(=O)C1CCCC1)C(=O)O.CCC[C@H](NC(=O)[C@@H](CC(=O)C1CCCN1)C(C)C)C(=O)CC.CCC[C@H](NC(=O)[C@@H](NC(=O)C1CCCN1C(=O)[C@@H](C)/C=C/[C@H](CC(C)C)NC)C(C)C)C(=O)NC.CN[C@H](/C=C/[C@H](C)C(=O)O)CC(C)C.[CH2-]OC(=O)NCC[C@H](NC(=O)[C@@H](NC(=O)C1CCCN1C(=O)[C@@H](C)/C=C/[C@H](CC(C)C)NC)C(C)C)C(=O)NC.[W]. The van der Waals surface area contributed by atoms with Crippen molar-refractivity contribution in [3.8, 4) is 0 Å². The van der Waals surface area contributed by atoms with E-state index in [9.17, 15) is 81.5 Å². The standard InChI is InChI=1S/C28H49N6O6.C27H49N5O4.C18H32N2O3.C11H19NO3.C11H21NO2.C10H17NO4.W/c1-17(2)16-20(29-6)12-11-19(5)27(38)34-15-9-10-22(34)25(36)33-23(18(3)4)26(37)32-21(24(35)30-7)13-14-31-28(39)40-8;1-9-11-21(24(33)29-8)30-26(35)23(18(4)5)31-25(34)22-12-10-15-32(22)27(36)19(6)13-14-20(28-7)16-17(2)3;1-5-8-15(16(21)6-2)20-18(23)13(12(3)4)11-17(22)14-9-7-10-19-14;1-7(2)9(11(14)15)12-10(13)8-5-3-4-6-8;1-8(2)7-10(12-4)6-5-9(3)11(13)14;1-10(2,3)15-9(14)11-6-4-5-7(11)8(12)13;/h11-12,17-23,29H,8-10,13-16H2,1-7H3,(H,30,35)(H,31,39)(H,32,37)(H,33,36);13-14,17-23,28H,9-12,15-16H2,1-8H3,(H,29,33)(H,30,35)(H,31,34);12-15,19H,5-11H2,1-4H3,(H,20,23);7-9H,3-6H2,1-2H3,(H,12,13)(H,14,15);5-6,8-10,12H,7H2,1-4H3,(H,13,14);7H,4-6H2,1-3H3,(H,12,13);/q-1;;;;;;/b12-11+;14-13+;;;6-5+;;/t2*19-,20+,21-,22?,23-;13-,14?,15-;9-;9-,10+;;/m00000../s1. The molecule has 0 spiro atoms. The van der Waals surface area contributed by atoms with Crippen LogP contribution in [0.3, 0.4) is 0 Å². The van der Waals surface area contributed by atoms with Gasteiger partial charge in [0.2, 0.25) is 59.1 Å². The zero-order chi connectivity index (χ0) is 109. The smallest absolute Gasteiger partial charge is 0.411 e. The second kappa shape index (κ2) is 72.9. The van der Waals surface area contributed by atoms with Crippen molar-refractivity contribution in [1.82, 2.24) is 83.8 Å². The molecule has 5 aliphatic rings. The fraction of sp³-hybridized carbons (Fsp3) is 0.771. The molecule has 5 rings (SSSR count). The van der Waals surface area contributed by atoms with Crippen molar-refractivity contribution in [3.05, 3.63) is 43.6 Å². The fourth-order valence-corrected chi connectivity index (χ4v) is 16.9. The number of carbonyl (C=O) groups excluding carboxylic acids is 14. The van der Waals surface area contributed by atoms with Crippen LogP contribution in [0.5, 0.6) is 0 Å². The summed E-state index contributed by atoms with van der Waals surface area (Å²) in [5.74, 6) is -5.68. The largest absolute Gasteiger partial charge is 0.624 e. The molecule has 38 nitrogen and oxygen atoms in total. The Kier molecular flexibility index (Phi) is 69.3. The molecular formula is C105H187N16O22W-. The molecule has 16 N–H and O–H groups in total. The molecule has 4 unspecified atom stereocenters. The first-order chi connectivity index (χ1) is 67.0. The van der Waals surface area contributed by atoms with Crippen LogP contribution in [-0.4, -0.2) is 283 Å². The minimum Gasteiger partial charge on any atom is -0.624 e. The van der Waals surface area contributed by atoms with Crippen molar-refractivity contribution in [2.45, 2.75) is 385 Å². The predicted molar refractivity (Wildman–Crippen MR) is 555 cm³/mol. The average Bonchev–Trinajstić information content (AvgIpc) is 1.67. The number of alkyl carbamates (subject to hydrolysis) is 1. The van der Waals surface area contributed by atoms with Crippen LogP contribution in [-0.2, 0) is 102 Å². The van der Waals surface area contributed by atoms with E-state index in [1.54, 1.807) is 71.3 Å². The maximum absolute atomic E-state index is 13.3. The molecule has 0 aromatic heterocycles. The van der Waals surface area contributed by atoms with Gasteiger partial charge in [-0.25, -0.2) is 19.2 Å². The molecular weight excluding hydrogens is 2020 g/mol. The molecule has 0 radical (unpaired) electrons. The van der Waals surface area contributed by atoms with Gasteiger partial charge in [0.15, 0.2) is 11.6 Å². The number of carbonyl (C=O) groups is 17. The number of ketones is 2. The van der Waals surface area contributed by atoms with E-state index in [0.29, 0.717) is 82.3 Å². The van der Waals surface area contributed by atoms with Crippen molar-refractivity contribution >= 4 is 101 Å². The number of ether oxygens (including phenoxy) is 2. The molecule has 1 aliphatic carbocycles. The van der Waals surface area contributed by atoms with Gasteiger partial charge in [-0.3, -0.25) is 67.2 Å². The number of nitrogens with one attached hydrogen (secondary N) is 13. The van der Waals surface area contributed by atoms with Crippen LogP contribution in [0.25, 0.3) is 0 Å². The molecule has 0 bridgehead atoms. The van der Waals surface area contributed by atoms with Gasteiger partial charge < -0.3 is 104 Å². The topological polar surface area (TPSA) is 535 Å². The molecule has 39 heteroatoms. The quantitative estimate of drug-likeness (QED) is 0.0199. The van der Waals surface area contributed by atoms with E-state index in [1.807, 2.05) is 114 Å². The summed E-state index contributed by atoms with van der Waals surface area (Å²) in [6.45, 7) is 46.4. The van der Waals surface area contributed by atoms with E-state index in [1.165, 1.54) is 19.0 Å². The molecule has 17 atom stereocenters. The third kappa shape index (κ3) is 52.9. The maximum atomic E-state index is 13.3. The van der Waals surface area contributed by atoms with Gasteiger partial charge in [0, 0.05) is 104 Å². The maximum Gasteiger partial charge on any atom is 0.411 e. The second-order valence-electron chi connectivity index (χ2n) is 41.6. The van der Waals surface area contributed by atoms with Crippen LogP contribution in [0.4, 0.5) is 9.59 Å². The Labute approximate surface area is 874 Å². The number of Topliss-reactive ketones (excluding diaryl/α,β-unsaturated/α-hetero) is 2. The summed E-state index contributed by atoms with van der Waals surface area (Å²) in [5, 5.41) is 63.4. The van der Waals surface area contributed by atoms with E-state index in [0.717, 1.165) is 90.0 Å². The number of aliphatic carboxylic acids is 3. The number of amides is 12. The molecule has 0 aromatic carbocycles.